The van der Waals surface area contributed by atoms with Gasteiger partial charge in [0.1, 0.15) is 12.3 Å². The van der Waals surface area contributed by atoms with E-state index in [9.17, 15) is 14.4 Å². The summed E-state index contributed by atoms with van der Waals surface area (Å²) in [6.07, 6.45) is 0. The number of hydrogen-bond acceptors (Lipinski definition) is 5. The molecule has 0 fully saturated rings. The zero-order valence-electron chi connectivity index (χ0n) is 17.0. The summed E-state index contributed by atoms with van der Waals surface area (Å²) in [5.41, 5.74) is 1.82. The lowest BCUT2D eigenvalue weighted by molar-refractivity contribution is -0.146. The van der Waals surface area contributed by atoms with Crippen LogP contribution in [0.4, 0.5) is 5.69 Å². The van der Waals surface area contributed by atoms with Gasteiger partial charge >= 0.3 is 5.97 Å². The first kappa shape index (κ1) is 21.6. The molecule has 31 heavy (non-hydrogen) atoms. The molecule has 0 aliphatic carbocycles. The number of amides is 2. The van der Waals surface area contributed by atoms with Gasteiger partial charge in [-0.1, -0.05) is 48.0 Å². The van der Waals surface area contributed by atoms with Crippen molar-refractivity contribution in [2.75, 3.05) is 18.5 Å². The van der Waals surface area contributed by atoms with E-state index in [0.29, 0.717) is 22.7 Å². The van der Waals surface area contributed by atoms with Gasteiger partial charge in [-0.25, -0.2) is 0 Å². The van der Waals surface area contributed by atoms with Crippen molar-refractivity contribution < 1.29 is 23.9 Å². The van der Waals surface area contributed by atoms with Gasteiger partial charge in [-0.3, -0.25) is 14.4 Å². The van der Waals surface area contributed by atoms with E-state index in [-0.39, 0.29) is 6.54 Å². The van der Waals surface area contributed by atoms with Crippen molar-refractivity contribution in [2.45, 2.75) is 6.92 Å². The van der Waals surface area contributed by atoms with Gasteiger partial charge in [0, 0.05) is 5.56 Å². The third-order valence-electron chi connectivity index (χ3n) is 4.17. The van der Waals surface area contributed by atoms with Crippen LogP contribution >= 0.6 is 0 Å². The summed E-state index contributed by atoms with van der Waals surface area (Å²) in [6.45, 7) is 1.04. The Bertz CT molecular complexity index is 1070. The van der Waals surface area contributed by atoms with Crippen LogP contribution in [0.1, 0.15) is 15.9 Å². The first-order valence-electron chi connectivity index (χ1n) is 9.63. The van der Waals surface area contributed by atoms with Crippen molar-refractivity contribution in [2.24, 2.45) is 0 Å². The molecular formula is C24H22N2O5. The molecule has 0 atom stereocenters. The Morgan fingerprint density at radius 3 is 2.39 bits per heavy atom. The van der Waals surface area contributed by atoms with Crippen molar-refractivity contribution >= 4 is 23.5 Å². The van der Waals surface area contributed by atoms with E-state index in [1.807, 2.05) is 31.2 Å². The molecule has 0 spiro atoms. The summed E-state index contributed by atoms with van der Waals surface area (Å²) in [7, 11) is 0. The predicted octanol–water partition coefficient (Wildman–Crippen LogP) is 3.70. The number of ether oxygens (including phenoxy) is 2. The molecule has 0 radical (unpaired) electrons. The number of rotatable bonds is 8. The summed E-state index contributed by atoms with van der Waals surface area (Å²) < 4.78 is 10.7. The maximum Gasteiger partial charge on any atom is 0.325 e. The Labute approximate surface area is 180 Å². The van der Waals surface area contributed by atoms with Gasteiger partial charge in [-0.15, -0.1) is 0 Å². The van der Waals surface area contributed by atoms with Crippen molar-refractivity contribution in [3.63, 3.8) is 0 Å². The Balaban J connectivity index is 1.47. The average molecular weight is 418 g/mol. The Hall–Kier alpha value is -4.13. The minimum atomic E-state index is -0.718. The zero-order chi connectivity index (χ0) is 22.1. The fourth-order valence-electron chi connectivity index (χ4n) is 2.70. The van der Waals surface area contributed by atoms with E-state index in [4.69, 9.17) is 9.47 Å². The van der Waals surface area contributed by atoms with E-state index in [0.717, 1.165) is 5.56 Å². The largest absolute Gasteiger partial charge is 0.455 e. The Morgan fingerprint density at radius 1 is 0.871 bits per heavy atom. The van der Waals surface area contributed by atoms with E-state index in [2.05, 4.69) is 10.6 Å². The number of esters is 1. The van der Waals surface area contributed by atoms with Crippen LogP contribution in [0.5, 0.6) is 11.5 Å². The highest BCUT2D eigenvalue weighted by molar-refractivity contribution is 5.97. The maximum atomic E-state index is 12.2. The molecule has 3 aromatic carbocycles. The van der Waals surface area contributed by atoms with Crippen LogP contribution in [0.2, 0.25) is 0 Å². The average Bonchev–Trinajstić information content (AvgIpc) is 2.78. The molecule has 0 saturated heterocycles. The summed E-state index contributed by atoms with van der Waals surface area (Å²) in [5.74, 6) is -0.552. The number of carbonyl (C=O) groups is 3. The second-order valence-electron chi connectivity index (χ2n) is 6.67. The number of aryl methyl sites for hydroxylation is 1. The second kappa shape index (κ2) is 10.6. The number of para-hydroxylation sites is 3. The fraction of sp³-hybridized carbons (Fsp3) is 0.125. The monoisotopic (exact) mass is 418 g/mol. The van der Waals surface area contributed by atoms with Gasteiger partial charge in [0.05, 0.1) is 5.69 Å². The van der Waals surface area contributed by atoms with Gasteiger partial charge in [-0.05, 0) is 43.3 Å². The summed E-state index contributed by atoms with van der Waals surface area (Å²) in [6, 6.07) is 23.1. The number of carbonyl (C=O) groups excluding carboxylic acids is 3. The van der Waals surface area contributed by atoms with E-state index in [1.165, 1.54) is 0 Å². The standard InChI is InChI=1S/C24H22N2O5/c1-17-8-7-9-18(14-17)24(29)25-15-23(28)30-16-22(27)26-20-12-5-6-13-21(20)31-19-10-3-2-4-11-19/h2-14H,15-16H2,1H3,(H,25,29)(H,26,27). The molecule has 3 aromatic rings. The highest BCUT2D eigenvalue weighted by atomic mass is 16.5. The van der Waals surface area contributed by atoms with Crippen LogP contribution < -0.4 is 15.4 Å². The van der Waals surface area contributed by atoms with Crippen molar-refractivity contribution in [1.29, 1.82) is 0 Å². The Kier molecular flexibility index (Phi) is 7.37. The molecule has 0 aliphatic rings. The van der Waals surface area contributed by atoms with Crippen molar-refractivity contribution in [3.8, 4) is 11.5 Å². The lowest BCUT2D eigenvalue weighted by Crippen LogP contribution is -2.32. The predicted molar refractivity (Wildman–Crippen MR) is 116 cm³/mol. The molecule has 7 nitrogen and oxygen atoms in total. The lowest BCUT2D eigenvalue weighted by Gasteiger charge is -2.12. The number of anilines is 1. The van der Waals surface area contributed by atoms with Gasteiger partial charge in [0.25, 0.3) is 11.8 Å². The third kappa shape index (κ3) is 6.71. The normalized spacial score (nSPS) is 10.1. The minimum absolute atomic E-state index is 0.340. The van der Waals surface area contributed by atoms with Gasteiger partial charge in [-0.2, -0.15) is 0 Å². The zero-order valence-corrected chi connectivity index (χ0v) is 17.0. The first-order valence-corrected chi connectivity index (χ1v) is 9.63. The molecule has 2 amide bonds. The Morgan fingerprint density at radius 2 is 1.61 bits per heavy atom. The van der Waals surface area contributed by atoms with Crippen molar-refractivity contribution in [3.05, 3.63) is 90.0 Å². The maximum absolute atomic E-state index is 12.2. The molecule has 2 N–H and O–H groups in total. The molecule has 0 aliphatic heterocycles. The van der Waals surface area contributed by atoms with Crippen LogP contribution in [-0.4, -0.2) is 30.9 Å². The molecule has 0 heterocycles. The summed E-state index contributed by atoms with van der Waals surface area (Å²) in [4.78, 5) is 36.1. The van der Waals surface area contributed by atoms with Crippen LogP contribution in [0.3, 0.4) is 0 Å². The molecule has 0 saturated carbocycles. The summed E-state index contributed by atoms with van der Waals surface area (Å²) >= 11 is 0. The van der Waals surface area contributed by atoms with Crippen LogP contribution in [0, 0.1) is 6.92 Å². The highest BCUT2D eigenvalue weighted by Gasteiger charge is 2.13. The molecular weight excluding hydrogens is 396 g/mol. The second-order valence-corrected chi connectivity index (χ2v) is 6.67. The molecule has 3 rings (SSSR count). The smallest absolute Gasteiger partial charge is 0.325 e. The third-order valence-corrected chi connectivity index (χ3v) is 4.17. The number of benzene rings is 3. The van der Waals surface area contributed by atoms with Gasteiger partial charge in [0.15, 0.2) is 12.4 Å². The van der Waals surface area contributed by atoms with Crippen LogP contribution in [0.25, 0.3) is 0 Å². The molecule has 7 heteroatoms. The molecule has 0 bridgehead atoms. The highest BCUT2D eigenvalue weighted by Crippen LogP contribution is 2.28. The fourth-order valence-corrected chi connectivity index (χ4v) is 2.70. The van der Waals surface area contributed by atoms with E-state index >= 15 is 0 Å². The quantitative estimate of drug-likeness (QED) is 0.544. The number of nitrogens with one attached hydrogen (secondary N) is 2. The van der Waals surface area contributed by atoms with E-state index < -0.39 is 24.4 Å². The van der Waals surface area contributed by atoms with Gasteiger partial charge < -0.3 is 20.1 Å². The van der Waals surface area contributed by atoms with Crippen LogP contribution in [0.15, 0.2) is 78.9 Å². The number of hydrogen-bond donors (Lipinski definition) is 2. The molecule has 0 aromatic heterocycles. The molecule has 0 unspecified atom stereocenters. The topological polar surface area (TPSA) is 93.7 Å². The minimum Gasteiger partial charge on any atom is -0.455 e. The summed E-state index contributed by atoms with van der Waals surface area (Å²) in [5, 5.41) is 5.13. The van der Waals surface area contributed by atoms with Gasteiger partial charge in [0.2, 0.25) is 0 Å². The SMILES string of the molecule is Cc1cccc(C(=O)NCC(=O)OCC(=O)Nc2ccccc2Oc2ccccc2)c1. The van der Waals surface area contributed by atoms with Crippen LogP contribution in [-0.2, 0) is 14.3 Å². The first-order chi connectivity index (χ1) is 15.0. The molecule has 158 valence electrons. The van der Waals surface area contributed by atoms with Crippen molar-refractivity contribution in [1.82, 2.24) is 5.32 Å². The van der Waals surface area contributed by atoms with E-state index in [1.54, 1.807) is 54.6 Å². The lowest BCUT2D eigenvalue weighted by atomic mass is 10.1.